The summed E-state index contributed by atoms with van der Waals surface area (Å²) in [6.45, 7) is 2.83. The molecule has 100 valence electrons. The highest BCUT2D eigenvalue weighted by Gasteiger charge is 2.38. The molecule has 5 nitrogen and oxygen atoms in total. The van der Waals surface area contributed by atoms with E-state index in [0.29, 0.717) is 24.7 Å². The van der Waals surface area contributed by atoms with Crippen molar-refractivity contribution in [2.45, 2.75) is 18.8 Å². The normalized spacial score (nSPS) is 27.2. The number of rotatable bonds is 4. The van der Waals surface area contributed by atoms with E-state index in [-0.39, 0.29) is 6.10 Å². The van der Waals surface area contributed by atoms with Gasteiger partial charge in [0.1, 0.15) is 0 Å². The van der Waals surface area contributed by atoms with Crippen LogP contribution in [0.2, 0.25) is 0 Å². The van der Waals surface area contributed by atoms with E-state index in [1.165, 1.54) is 0 Å². The fourth-order valence-corrected chi connectivity index (χ4v) is 2.02. The van der Waals surface area contributed by atoms with Crippen molar-refractivity contribution in [1.29, 1.82) is 0 Å². The molecule has 1 fully saturated rings. The Labute approximate surface area is 107 Å². The molecule has 1 aliphatic rings. The molecule has 0 spiro atoms. The van der Waals surface area contributed by atoms with E-state index in [0.717, 1.165) is 5.56 Å². The number of hydrogen-bond acceptors (Lipinski definition) is 5. The minimum Gasteiger partial charge on any atom is -0.493 e. The third kappa shape index (κ3) is 2.29. The molecule has 1 aromatic rings. The fourth-order valence-electron chi connectivity index (χ4n) is 2.02. The lowest BCUT2D eigenvalue weighted by molar-refractivity contribution is -0.160. The highest BCUT2D eigenvalue weighted by molar-refractivity contribution is 5.44. The maximum absolute atomic E-state index is 5.81. The average molecular weight is 253 g/mol. The van der Waals surface area contributed by atoms with E-state index in [1.807, 2.05) is 25.1 Å². The molecule has 1 heterocycles. The monoisotopic (exact) mass is 253 g/mol. The third-order valence-corrected chi connectivity index (χ3v) is 3.11. The first kappa shape index (κ1) is 13.1. The van der Waals surface area contributed by atoms with Crippen molar-refractivity contribution >= 4 is 0 Å². The first-order chi connectivity index (χ1) is 8.62. The smallest absolute Gasteiger partial charge is 0.192 e. The van der Waals surface area contributed by atoms with E-state index in [9.17, 15) is 0 Å². The van der Waals surface area contributed by atoms with E-state index in [2.05, 4.69) is 0 Å². The molecule has 18 heavy (non-hydrogen) atoms. The highest BCUT2D eigenvalue weighted by Crippen LogP contribution is 2.38. The quantitative estimate of drug-likeness (QED) is 0.875. The Morgan fingerprint density at radius 1 is 1.33 bits per heavy atom. The van der Waals surface area contributed by atoms with Crippen LogP contribution in [0.15, 0.2) is 18.2 Å². The van der Waals surface area contributed by atoms with Crippen molar-refractivity contribution in [3.05, 3.63) is 23.8 Å². The van der Waals surface area contributed by atoms with Crippen LogP contribution < -0.4 is 15.2 Å². The fraction of sp³-hybridized carbons (Fsp3) is 0.538. The lowest BCUT2D eigenvalue weighted by Gasteiger charge is -2.24. The van der Waals surface area contributed by atoms with Crippen LogP contribution in [0.25, 0.3) is 0 Å². The van der Waals surface area contributed by atoms with Gasteiger partial charge in [0.05, 0.1) is 26.9 Å². The Kier molecular flexibility index (Phi) is 3.75. The molecule has 0 radical (unpaired) electrons. The standard InChI is InChI=1S/C13H19NO4/c1-13(17-8-10(7-14)18-13)9-4-5-11(15-2)12(6-9)16-3/h4-6,10H,7-8,14H2,1-3H3. The molecule has 0 aliphatic carbocycles. The van der Waals surface area contributed by atoms with E-state index >= 15 is 0 Å². The number of methoxy groups -OCH3 is 2. The zero-order valence-electron chi connectivity index (χ0n) is 10.9. The van der Waals surface area contributed by atoms with E-state index < -0.39 is 5.79 Å². The lowest BCUT2D eigenvalue weighted by atomic mass is 10.1. The molecule has 2 rings (SSSR count). The molecular formula is C13H19NO4. The molecule has 2 atom stereocenters. The Morgan fingerprint density at radius 3 is 2.61 bits per heavy atom. The van der Waals surface area contributed by atoms with Gasteiger partial charge in [0.25, 0.3) is 0 Å². The van der Waals surface area contributed by atoms with Gasteiger partial charge in [-0.15, -0.1) is 0 Å². The van der Waals surface area contributed by atoms with Crippen LogP contribution in [0.4, 0.5) is 0 Å². The van der Waals surface area contributed by atoms with Gasteiger partial charge >= 0.3 is 0 Å². The van der Waals surface area contributed by atoms with Crippen molar-refractivity contribution in [3.8, 4) is 11.5 Å². The number of nitrogens with two attached hydrogens (primary N) is 1. The van der Waals surface area contributed by atoms with Crippen LogP contribution in [0.1, 0.15) is 12.5 Å². The van der Waals surface area contributed by atoms with Gasteiger partial charge in [-0.1, -0.05) is 0 Å². The molecule has 0 bridgehead atoms. The molecule has 2 N–H and O–H groups in total. The van der Waals surface area contributed by atoms with Gasteiger partial charge in [-0.05, 0) is 25.1 Å². The lowest BCUT2D eigenvalue weighted by Crippen LogP contribution is -2.27. The van der Waals surface area contributed by atoms with Crippen LogP contribution in [0, 0.1) is 0 Å². The maximum Gasteiger partial charge on any atom is 0.192 e. The molecule has 1 saturated heterocycles. The second-order valence-corrected chi connectivity index (χ2v) is 4.30. The Bertz CT molecular complexity index is 423. The summed E-state index contributed by atoms with van der Waals surface area (Å²) in [6.07, 6.45) is -0.0666. The third-order valence-electron chi connectivity index (χ3n) is 3.11. The molecule has 0 aromatic heterocycles. The number of benzene rings is 1. The minimum atomic E-state index is -0.774. The molecule has 1 aromatic carbocycles. The maximum atomic E-state index is 5.81. The van der Waals surface area contributed by atoms with Gasteiger partial charge in [0.2, 0.25) is 0 Å². The summed E-state index contributed by atoms with van der Waals surface area (Å²) in [5.41, 5.74) is 6.47. The van der Waals surface area contributed by atoms with Crippen molar-refractivity contribution < 1.29 is 18.9 Å². The van der Waals surface area contributed by atoms with E-state index in [1.54, 1.807) is 14.2 Å². The Morgan fingerprint density at radius 2 is 2.06 bits per heavy atom. The zero-order chi connectivity index (χ0) is 13.2. The van der Waals surface area contributed by atoms with Crippen LogP contribution in [0.5, 0.6) is 11.5 Å². The van der Waals surface area contributed by atoms with Gasteiger partial charge in [0, 0.05) is 12.1 Å². The molecule has 0 amide bonds. The first-order valence-corrected chi connectivity index (χ1v) is 5.87. The van der Waals surface area contributed by atoms with Crippen molar-refractivity contribution in [2.24, 2.45) is 5.73 Å². The van der Waals surface area contributed by atoms with Crippen LogP contribution in [-0.4, -0.2) is 33.5 Å². The SMILES string of the molecule is COc1ccc(C2(C)OCC(CN)O2)cc1OC. The summed E-state index contributed by atoms with van der Waals surface area (Å²) in [7, 11) is 3.20. The van der Waals surface area contributed by atoms with Crippen molar-refractivity contribution in [3.63, 3.8) is 0 Å². The topological polar surface area (TPSA) is 62.9 Å². The Balaban J connectivity index is 2.28. The minimum absolute atomic E-state index is 0.0666. The van der Waals surface area contributed by atoms with Gasteiger partial charge in [-0.25, -0.2) is 0 Å². The molecule has 2 unspecified atom stereocenters. The van der Waals surface area contributed by atoms with Gasteiger partial charge < -0.3 is 24.7 Å². The Hall–Kier alpha value is -1.30. The first-order valence-electron chi connectivity index (χ1n) is 5.87. The summed E-state index contributed by atoms with van der Waals surface area (Å²) in [4.78, 5) is 0. The second kappa shape index (κ2) is 5.14. The van der Waals surface area contributed by atoms with Crippen molar-refractivity contribution in [1.82, 2.24) is 0 Å². The van der Waals surface area contributed by atoms with Gasteiger partial charge in [-0.3, -0.25) is 0 Å². The van der Waals surface area contributed by atoms with Gasteiger partial charge in [0.15, 0.2) is 17.3 Å². The van der Waals surface area contributed by atoms with Crippen LogP contribution in [0.3, 0.4) is 0 Å². The van der Waals surface area contributed by atoms with Gasteiger partial charge in [-0.2, -0.15) is 0 Å². The number of hydrogen-bond donors (Lipinski definition) is 1. The summed E-state index contributed by atoms with van der Waals surface area (Å²) >= 11 is 0. The van der Waals surface area contributed by atoms with E-state index in [4.69, 9.17) is 24.7 Å². The summed E-state index contributed by atoms with van der Waals surface area (Å²) in [5, 5.41) is 0. The summed E-state index contributed by atoms with van der Waals surface area (Å²) in [5.74, 6) is 0.557. The second-order valence-electron chi connectivity index (χ2n) is 4.30. The largest absolute Gasteiger partial charge is 0.493 e. The predicted molar refractivity (Wildman–Crippen MR) is 66.8 cm³/mol. The molecule has 1 aliphatic heterocycles. The molecular weight excluding hydrogens is 234 g/mol. The summed E-state index contributed by atoms with van der Waals surface area (Å²) in [6, 6.07) is 5.60. The van der Waals surface area contributed by atoms with Crippen LogP contribution in [-0.2, 0) is 15.3 Å². The molecule has 5 heteroatoms. The summed E-state index contributed by atoms with van der Waals surface area (Å²) < 4.78 is 22.0. The van der Waals surface area contributed by atoms with Crippen LogP contribution >= 0.6 is 0 Å². The highest BCUT2D eigenvalue weighted by atomic mass is 16.7. The predicted octanol–water partition coefficient (Wildman–Crippen LogP) is 1.25. The number of ether oxygens (including phenoxy) is 4. The molecule has 0 saturated carbocycles. The average Bonchev–Trinajstić information content (AvgIpc) is 2.81. The van der Waals surface area contributed by atoms with Crippen molar-refractivity contribution in [2.75, 3.05) is 27.4 Å². The zero-order valence-corrected chi connectivity index (χ0v) is 10.9.